The lowest BCUT2D eigenvalue weighted by atomic mass is 10.2. The van der Waals surface area contributed by atoms with Crippen LogP contribution in [-0.4, -0.2) is 23.6 Å². The lowest BCUT2D eigenvalue weighted by Crippen LogP contribution is -2.27. The van der Waals surface area contributed by atoms with E-state index in [1.165, 1.54) is 40.9 Å². The molecule has 0 radical (unpaired) electrons. The van der Waals surface area contributed by atoms with Crippen LogP contribution in [0, 0.1) is 0 Å². The van der Waals surface area contributed by atoms with Gasteiger partial charge in [0.2, 0.25) is 10.0 Å². The van der Waals surface area contributed by atoms with E-state index < -0.39 is 10.0 Å². The van der Waals surface area contributed by atoms with E-state index in [9.17, 15) is 13.2 Å². The van der Waals surface area contributed by atoms with Crippen LogP contribution in [0.3, 0.4) is 0 Å². The maximum atomic E-state index is 12.6. The molecule has 1 amide bonds. The van der Waals surface area contributed by atoms with Crippen LogP contribution in [-0.2, 0) is 14.8 Å². The molecule has 1 saturated heterocycles. The molecule has 1 aromatic carbocycles. The van der Waals surface area contributed by atoms with Crippen molar-refractivity contribution in [2.24, 2.45) is 5.14 Å². The summed E-state index contributed by atoms with van der Waals surface area (Å²) in [5.74, 6) is -0.266. The maximum absolute atomic E-state index is 12.6. The number of hydrogen-bond acceptors (Lipinski definition) is 6. The third-order valence-electron chi connectivity index (χ3n) is 3.20. The maximum Gasteiger partial charge on any atom is 0.270 e. The van der Waals surface area contributed by atoms with Crippen molar-refractivity contribution in [2.75, 3.05) is 4.90 Å². The Morgan fingerprint density at radius 2 is 1.92 bits per heavy atom. The zero-order chi connectivity index (χ0) is 17.3. The first-order valence-corrected chi connectivity index (χ1v) is 9.44. The van der Waals surface area contributed by atoms with E-state index in [4.69, 9.17) is 17.4 Å². The minimum Gasteiger partial charge on any atom is -0.268 e. The monoisotopic (exact) mass is 377 g/mol. The predicted octanol–water partition coefficient (Wildman–Crippen LogP) is 2.13. The average Bonchev–Trinajstić information content (AvgIpc) is 2.82. The Bertz CT molecular complexity index is 939. The van der Waals surface area contributed by atoms with Crippen LogP contribution < -0.4 is 10.0 Å². The molecular weight excluding hydrogens is 366 g/mol. The second-order valence-electron chi connectivity index (χ2n) is 4.84. The highest BCUT2D eigenvalue weighted by Gasteiger charge is 2.33. The Labute approximate surface area is 148 Å². The molecule has 0 unspecified atom stereocenters. The lowest BCUT2D eigenvalue weighted by Gasteiger charge is -2.14. The minimum atomic E-state index is -3.78. The molecule has 3 rings (SSSR count). The second-order valence-corrected chi connectivity index (χ2v) is 8.08. The Kier molecular flexibility index (Phi) is 4.50. The number of aromatic nitrogens is 1. The molecule has 0 aliphatic carbocycles. The molecule has 6 nitrogen and oxygen atoms in total. The van der Waals surface area contributed by atoms with Gasteiger partial charge in [-0.05, 0) is 42.0 Å². The van der Waals surface area contributed by atoms with E-state index in [-0.39, 0.29) is 10.8 Å². The van der Waals surface area contributed by atoms with Gasteiger partial charge in [0.25, 0.3) is 5.91 Å². The van der Waals surface area contributed by atoms with Crippen molar-refractivity contribution in [3.63, 3.8) is 0 Å². The number of hydrogen-bond donors (Lipinski definition) is 1. The molecule has 1 aliphatic rings. The minimum absolute atomic E-state index is 0.0254. The number of nitrogens with two attached hydrogens (primary N) is 1. The number of nitrogens with zero attached hydrogens (tertiary/aromatic N) is 2. The summed E-state index contributed by atoms with van der Waals surface area (Å²) >= 11 is 6.45. The number of benzene rings is 1. The summed E-state index contributed by atoms with van der Waals surface area (Å²) in [4.78, 5) is 18.4. The predicted molar refractivity (Wildman–Crippen MR) is 97.7 cm³/mol. The van der Waals surface area contributed by atoms with Crippen molar-refractivity contribution in [1.29, 1.82) is 0 Å². The summed E-state index contributed by atoms with van der Waals surface area (Å²) in [6.07, 6.45) is 5.01. The molecule has 0 bridgehead atoms. The molecular formula is C15H11N3O3S3. The second kappa shape index (κ2) is 6.44. The van der Waals surface area contributed by atoms with Crippen molar-refractivity contribution < 1.29 is 13.2 Å². The fourth-order valence-corrected chi connectivity index (χ4v) is 3.90. The normalized spacial score (nSPS) is 16.9. The van der Waals surface area contributed by atoms with Crippen LogP contribution in [0.15, 0.2) is 58.6 Å². The Morgan fingerprint density at radius 3 is 2.50 bits per heavy atom. The van der Waals surface area contributed by atoms with Gasteiger partial charge in [-0.2, -0.15) is 0 Å². The number of thiocarbonyl (C=S) groups is 1. The van der Waals surface area contributed by atoms with Gasteiger partial charge in [0.1, 0.15) is 0 Å². The molecule has 1 aromatic heterocycles. The molecule has 122 valence electrons. The number of pyridine rings is 1. The molecule has 1 fully saturated rings. The van der Waals surface area contributed by atoms with Crippen molar-refractivity contribution in [3.8, 4) is 0 Å². The van der Waals surface area contributed by atoms with Gasteiger partial charge in [-0.3, -0.25) is 14.7 Å². The van der Waals surface area contributed by atoms with Gasteiger partial charge in [-0.15, -0.1) is 0 Å². The molecule has 9 heteroatoms. The smallest absolute Gasteiger partial charge is 0.268 e. The molecule has 2 N–H and O–H groups in total. The van der Waals surface area contributed by atoms with Gasteiger partial charge in [0.05, 0.1) is 15.5 Å². The van der Waals surface area contributed by atoms with Crippen LogP contribution in [0.2, 0.25) is 0 Å². The third-order valence-corrected chi connectivity index (χ3v) is 5.43. The topological polar surface area (TPSA) is 93.4 Å². The first kappa shape index (κ1) is 16.8. The van der Waals surface area contributed by atoms with E-state index in [2.05, 4.69) is 4.98 Å². The van der Waals surface area contributed by atoms with Gasteiger partial charge >= 0.3 is 0 Å². The highest BCUT2D eigenvalue weighted by Crippen LogP contribution is 2.36. The summed E-state index contributed by atoms with van der Waals surface area (Å²) in [5.41, 5.74) is 1.28. The van der Waals surface area contributed by atoms with Gasteiger partial charge in [-0.25, -0.2) is 13.6 Å². The molecule has 0 atom stereocenters. The molecule has 0 spiro atoms. The fourth-order valence-electron chi connectivity index (χ4n) is 2.09. The fraction of sp³-hybridized carbons (Fsp3) is 0. The van der Waals surface area contributed by atoms with E-state index in [1.807, 2.05) is 6.07 Å². The molecule has 0 saturated carbocycles. The number of sulfonamides is 1. The molecule has 24 heavy (non-hydrogen) atoms. The largest absolute Gasteiger partial charge is 0.270 e. The average molecular weight is 377 g/mol. The van der Waals surface area contributed by atoms with Gasteiger partial charge < -0.3 is 0 Å². The number of carbonyl (C=O) groups excluding carboxylic acids is 1. The first-order valence-electron chi connectivity index (χ1n) is 6.67. The number of rotatable bonds is 3. The molecule has 1 aliphatic heterocycles. The SMILES string of the molecule is NS(=O)(=O)c1ccc(N2C(=O)/C(=C\c3cccnc3)SC2=S)cc1. The molecule has 2 heterocycles. The zero-order valence-electron chi connectivity index (χ0n) is 12.1. The van der Waals surface area contributed by atoms with Crippen molar-refractivity contribution in [3.05, 3.63) is 59.3 Å². The van der Waals surface area contributed by atoms with E-state index in [0.29, 0.717) is 14.9 Å². The van der Waals surface area contributed by atoms with E-state index in [1.54, 1.807) is 24.5 Å². The van der Waals surface area contributed by atoms with Crippen LogP contribution in [0.1, 0.15) is 5.56 Å². The van der Waals surface area contributed by atoms with Gasteiger partial charge in [0, 0.05) is 12.4 Å². The van der Waals surface area contributed by atoms with Gasteiger partial charge in [-0.1, -0.05) is 30.0 Å². The van der Waals surface area contributed by atoms with Crippen LogP contribution in [0.5, 0.6) is 0 Å². The number of thioether (sulfide) groups is 1. The number of anilines is 1. The van der Waals surface area contributed by atoms with Crippen LogP contribution in [0.4, 0.5) is 5.69 Å². The summed E-state index contributed by atoms with van der Waals surface area (Å²) in [6, 6.07) is 9.29. The number of primary sulfonamides is 1. The standard InChI is InChI=1S/C15H11N3O3S3/c16-24(20,21)12-5-3-11(4-6-12)18-14(19)13(23-15(18)22)8-10-2-1-7-17-9-10/h1-9H,(H2,16,20,21)/b13-8+. The number of amides is 1. The van der Waals surface area contributed by atoms with Gasteiger partial charge in [0.15, 0.2) is 4.32 Å². The van der Waals surface area contributed by atoms with Crippen LogP contribution in [0.25, 0.3) is 6.08 Å². The number of carbonyl (C=O) groups is 1. The van der Waals surface area contributed by atoms with Crippen molar-refractivity contribution in [1.82, 2.24) is 4.98 Å². The highest BCUT2D eigenvalue weighted by molar-refractivity contribution is 8.27. The first-order chi connectivity index (χ1) is 11.4. The van der Waals surface area contributed by atoms with Crippen LogP contribution >= 0.6 is 24.0 Å². The Hall–Kier alpha value is -2.07. The Morgan fingerprint density at radius 1 is 1.21 bits per heavy atom. The summed E-state index contributed by atoms with van der Waals surface area (Å²) in [6.45, 7) is 0. The van der Waals surface area contributed by atoms with Crippen molar-refractivity contribution in [2.45, 2.75) is 4.90 Å². The van der Waals surface area contributed by atoms with Crippen molar-refractivity contribution >= 4 is 56.0 Å². The van der Waals surface area contributed by atoms with E-state index >= 15 is 0 Å². The summed E-state index contributed by atoms with van der Waals surface area (Å²) < 4.78 is 23.0. The Balaban J connectivity index is 1.91. The third kappa shape index (κ3) is 3.39. The quantitative estimate of drug-likeness (QED) is 0.651. The summed E-state index contributed by atoms with van der Waals surface area (Å²) in [5, 5.41) is 5.07. The summed E-state index contributed by atoms with van der Waals surface area (Å²) in [7, 11) is -3.78. The zero-order valence-corrected chi connectivity index (χ0v) is 14.6. The lowest BCUT2D eigenvalue weighted by molar-refractivity contribution is -0.113. The molecule has 2 aromatic rings. The highest BCUT2D eigenvalue weighted by atomic mass is 32.2. The van der Waals surface area contributed by atoms with E-state index in [0.717, 1.165) is 5.56 Å².